The van der Waals surface area contributed by atoms with Crippen molar-refractivity contribution < 1.29 is 17.1 Å². The van der Waals surface area contributed by atoms with E-state index in [-0.39, 0.29) is 25.0 Å². The third-order valence-electron chi connectivity index (χ3n) is 4.02. The van der Waals surface area contributed by atoms with Crippen LogP contribution < -0.4 is 5.30 Å². The molecule has 3 aromatic carbocycles. The van der Waals surface area contributed by atoms with Gasteiger partial charge in [0.05, 0.1) is 0 Å². The molecule has 0 saturated carbocycles. The number of hydrogen-bond acceptors (Lipinski definition) is 0. The number of benzene rings is 1. The first-order chi connectivity index (χ1) is 11.7. The molecule has 0 nitrogen and oxygen atoms in total. The van der Waals surface area contributed by atoms with Crippen LogP contribution in [-0.4, -0.2) is 10.3 Å². The Hall–Kier alpha value is -1.13. The molecule has 0 aliphatic rings. The van der Waals surface area contributed by atoms with E-state index in [1.807, 2.05) is 30.3 Å². The van der Waals surface area contributed by atoms with Gasteiger partial charge in [-0.3, -0.25) is 0 Å². The molecule has 0 aliphatic heterocycles. The largest absolute Gasteiger partial charge is 0.748 e. The molecule has 0 N–H and O–H groups in total. The van der Waals surface area contributed by atoms with Gasteiger partial charge in [0.1, 0.15) is 0 Å². The zero-order chi connectivity index (χ0) is 18.5. The first-order valence-corrected chi connectivity index (χ1v) is 10.3. The molecule has 0 heterocycles. The van der Waals surface area contributed by atoms with Gasteiger partial charge in [-0.25, -0.2) is 0 Å². The van der Waals surface area contributed by atoms with Crippen LogP contribution >= 0.6 is 7.92 Å². The summed E-state index contributed by atoms with van der Waals surface area (Å²) in [5.74, 6) is 0. The SMILES string of the molecule is CC(C)(C)P([c-]1cccc1-c1ccccc1)C(C)(C)C.[Fe].[cH-]1[cH-][cH-][cH-][cH-]1. The molecule has 0 spiro atoms. The number of rotatable bonds is 2. The van der Waals surface area contributed by atoms with E-state index in [0.717, 1.165) is 0 Å². The van der Waals surface area contributed by atoms with Crippen molar-refractivity contribution in [1.82, 2.24) is 0 Å². The first-order valence-electron chi connectivity index (χ1n) is 8.99. The Bertz CT molecular complexity index is 693. The molecule has 0 aromatic heterocycles. The third-order valence-corrected chi connectivity index (χ3v) is 7.57. The van der Waals surface area contributed by atoms with E-state index in [1.54, 1.807) is 5.30 Å². The standard InChI is InChI=1S/C19H26P.C5H5.Fe/c1-18(2,3)20(19(4,5)6)17-14-10-13-16(17)15-11-8-7-9-12-15;1-2-4-5-3-1;/h7-14H,1-6H3;1-5H;/q-1;-5;. The quantitative estimate of drug-likeness (QED) is 0.240. The van der Waals surface area contributed by atoms with Crippen molar-refractivity contribution in [3.8, 4) is 11.1 Å². The molecular weight excluding hydrogens is 375 g/mol. The van der Waals surface area contributed by atoms with Crippen LogP contribution in [0.3, 0.4) is 0 Å². The molecule has 2 heteroatoms. The smallest absolute Gasteiger partial charge is 0 e. The van der Waals surface area contributed by atoms with Gasteiger partial charge in [-0.15, -0.1) is 24.9 Å². The average Bonchev–Trinajstić information content (AvgIpc) is 3.20. The van der Waals surface area contributed by atoms with E-state index in [9.17, 15) is 0 Å². The molecule has 0 radical (unpaired) electrons. The molecule has 0 bridgehead atoms. The summed E-state index contributed by atoms with van der Waals surface area (Å²) in [5, 5.41) is 2.17. The maximum atomic E-state index is 2.38. The monoisotopic (exact) mass is 406 g/mol. The molecule has 3 aromatic rings. The van der Waals surface area contributed by atoms with Crippen molar-refractivity contribution in [3.63, 3.8) is 0 Å². The van der Waals surface area contributed by atoms with Crippen LogP contribution in [0, 0.1) is 0 Å². The fourth-order valence-electron chi connectivity index (χ4n) is 3.52. The van der Waals surface area contributed by atoms with Gasteiger partial charge < -0.3 is 30.3 Å². The van der Waals surface area contributed by atoms with E-state index in [2.05, 4.69) is 90.1 Å². The first kappa shape index (κ1) is 22.9. The summed E-state index contributed by atoms with van der Waals surface area (Å²) >= 11 is 0. The summed E-state index contributed by atoms with van der Waals surface area (Å²) in [5.41, 5.74) is 2.76. The third kappa shape index (κ3) is 6.24. The van der Waals surface area contributed by atoms with Crippen LogP contribution in [-0.2, 0) is 17.1 Å². The van der Waals surface area contributed by atoms with E-state index in [1.165, 1.54) is 11.1 Å². The minimum absolute atomic E-state index is 0. The van der Waals surface area contributed by atoms with E-state index < -0.39 is 0 Å². The molecule has 0 unspecified atom stereocenters. The summed E-state index contributed by atoms with van der Waals surface area (Å²) in [6.07, 6.45) is 0. The van der Waals surface area contributed by atoms with Gasteiger partial charge in [0.2, 0.25) is 0 Å². The van der Waals surface area contributed by atoms with Crippen LogP contribution in [0.1, 0.15) is 41.5 Å². The Morgan fingerprint density at radius 1 is 0.692 bits per heavy atom. The van der Waals surface area contributed by atoms with Crippen molar-refractivity contribution >= 4 is 13.2 Å². The maximum Gasteiger partial charge on any atom is 0 e. The summed E-state index contributed by atoms with van der Waals surface area (Å²) in [6.45, 7) is 14.3. The molecular formula is C24H31FeP-6. The van der Waals surface area contributed by atoms with Crippen LogP contribution in [0.5, 0.6) is 0 Å². The van der Waals surface area contributed by atoms with Crippen molar-refractivity contribution in [2.24, 2.45) is 0 Å². The molecule has 0 saturated heterocycles. The Balaban J connectivity index is 0.000000486. The summed E-state index contributed by atoms with van der Waals surface area (Å²) < 4.78 is 0. The summed E-state index contributed by atoms with van der Waals surface area (Å²) in [7, 11) is -0.245. The van der Waals surface area contributed by atoms with Crippen LogP contribution in [0.25, 0.3) is 11.1 Å². The van der Waals surface area contributed by atoms with Crippen molar-refractivity contribution in [3.05, 3.63) is 78.9 Å². The zero-order valence-corrected chi connectivity index (χ0v) is 18.8. The predicted octanol–water partition coefficient (Wildman–Crippen LogP) is 7.18. The maximum absolute atomic E-state index is 2.38. The second kappa shape index (κ2) is 9.70. The normalized spacial score (nSPS) is 11.5. The molecule has 146 valence electrons. The molecule has 0 fully saturated rings. The van der Waals surface area contributed by atoms with E-state index in [0.29, 0.717) is 10.3 Å². The topological polar surface area (TPSA) is 0 Å². The zero-order valence-electron chi connectivity index (χ0n) is 16.8. The van der Waals surface area contributed by atoms with Crippen molar-refractivity contribution in [2.75, 3.05) is 0 Å². The Labute approximate surface area is 172 Å². The summed E-state index contributed by atoms with van der Waals surface area (Å²) in [4.78, 5) is 0. The van der Waals surface area contributed by atoms with Crippen molar-refractivity contribution in [2.45, 2.75) is 51.9 Å². The van der Waals surface area contributed by atoms with Crippen LogP contribution in [0.2, 0.25) is 0 Å². The Morgan fingerprint density at radius 2 is 1.15 bits per heavy atom. The van der Waals surface area contributed by atoms with Crippen LogP contribution in [0.15, 0.2) is 78.9 Å². The fraction of sp³-hybridized carbons (Fsp3) is 0.333. The fourth-order valence-corrected chi connectivity index (χ4v) is 7.65. The predicted molar refractivity (Wildman–Crippen MR) is 116 cm³/mol. The van der Waals surface area contributed by atoms with Gasteiger partial charge in [0.15, 0.2) is 0 Å². The minimum Gasteiger partial charge on any atom is -0.748 e. The van der Waals surface area contributed by atoms with E-state index >= 15 is 0 Å². The molecule has 26 heavy (non-hydrogen) atoms. The van der Waals surface area contributed by atoms with Crippen LogP contribution in [0.4, 0.5) is 0 Å². The Kier molecular flexibility index (Phi) is 8.55. The molecule has 0 atom stereocenters. The van der Waals surface area contributed by atoms with Crippen molar-refractivity contribution in [1.29, 1.82) is 0 Å². The number of hydrogen-bond donors (Lipinski definition) is 0. The second-order valence-electron chi connectivity index (χ2n) is 8.33. The van der Waals surface area contributed by atoms with Gasteiger partial charge in [-0.2, -0.15) is 12.1 Å². The van der Waals surface area contributed by atoms with Gasteiger partial charge >= 0.3 is 0 Å². The van der Waals surface area contributed by atoms with Gasteiger partial charge in [-0.1, -0.05) is 77.4 Å². The average molecular weight is 406 g/mol. The minimum atomic E-state index is -0.245. The van der Waals surface area contributed by atoms with E-state index in [4.69, 9.17) is 0 Å². The van der Waals surface area contributed by atoms with Gasteiger partial charge in [0, 0.05) is 17.1 Å². The second-order valence-corrected chi connectivity index (χ2v) is 12.2. The van der Waals surface area contributed by atoms with Gasteiger partial charge in [0.25, 0.3) is 0 Å². The van der Waals surface area contributed by atoms with Gasteiger partial charge in [-0.05, 0) is 10.3 Å². The molecule has 0 amide bonds. The summed E-state index contributed by atoms with van der Waals surface area (Å²) in [6, 6.07) is 27.6. The molecule has 0 aliphatic carbocycles. The molecule has 3 rings (SSSR count). The Morgan fingerprint density at radius 3 is 1.58 bits per heavy atom.